The summed E-state index contributed by atoms with van der Waals surface area (Å²) in [6, 6.07) is 13.5. The molecule has 1 amide bonds. The summed E-state index contributed by atoms with van der Waals surface area (Å²) in [6.07, 6.45) is 0. The Morgan fingerprint density at radius 1 is 1.09 bits per heavy atom. The van der Waals surface area contributed by atoms with Gasteiger partial charge < -0.3 is 14.8 Å². The maximum absolute atomic E-state index is 13.4. The highest BCUT2D eigenvalue weighted by Gasteiger charge is 2.23. The minimum Gasteiger partial charge on any atom is -0.481 e. The lowest BCUT2D eigenvalue weighted by molar-refractivity contribution is -0.145. The molecule has 2 aromatic carbocycles. The number of hydrogen-bond donors (Lipinski definition) is 1. The number of rotatable bonds is 6. The van der Waals surface area contributed by atoms with E-state index in [0.717, 1.165) is 0 Å². The molecule has 1 atom stereocenters. The molecule has 2 aromatic rings. The van der Waals surface area contributed by atoms with Crippen LogP contribution in [0, 0.1) is 5.82 Å². The molecule has 0 heterocycles. The second kappa shape index (κ2) is 7.93. The summed E-state index contributed by atoms with van der Waals surface area (Å²) < 4.78 is 23.2. The Kier molecular flexibility index (Phi) is 5.68. The highest BCUT2D eigenvalue weighted by Crippen LogP contribution is 2.16. The highest BCUT2D eigenvalue weighted by molar-refractivity contribution is 5.86. The zero-order valence-corrected chi connectivity index (χ0v) is 12.5. The van der Waals surface area contributed by atoms with E-state index in [1.165, 1.54) is 25.3 Å². The molecule has 0 aliphatic carbocycles. The van der Waals surface area contributed by atoms with Crippen molar-refractivity contribution in [3.63, 3.8) is 0 Å². The first-order valence-electron chi connectivity index (χ1n) is 6.91. The first-order chi connectivity index (χ1) is 11.1. The highest BCUT2D eigenvalue weighted by atomic mass is 19.1. The van der Waals surface area contributed by atoms with E-state index in [0.29, 0.717) is 5.56 Å². The summed E-state index contributed by atoms with van der Waals surface area (Å²) in [7, 11) is 1.24. The minimum atomic E-state index is -0.946. The third-order valence-corrected chi connectivity index (χ3v) is 3.07. The van der Waals surface area contributed by atoms with Gasteiger partial charge in [-0.3, -0.25) is 4.79 Å². The summed E-state index contributed by atoms with van der Waals surface area (Å²) in [5, 5.41) is 2.51. The largest absolute Gasteiger partial charge is 0.481 e. The quantitative estimate of drug-likeness (QED) is 0.830. The molecule has 23 heavy (non-hydrogen) atoms. The van der Waals surface area contributed by atoms with Gasteiger partial charge in [-0.1, -0.05) is 42.5 Å². The summed E-state index contributed by atoms with van der Waals surface area (Å²) in [5.74, 6) is -1.76. The predicted molar refractivity (Wildman–Crippen MR) is 81.2 cm³/mol. The molecule has 1 N–H and O–H groups in total. The summed E-state index contributed by atoms with van der Waals surface area (Å²) in [6.45, 7) is -0.415. The van der Waals surface area contributed by atoms with Crippen LogP contribution in [0.5, 0.6) is 5.75 Å². The molecular formula is C17H16FNO4. The summed E-state index contributed by atoms with van der Waals surface area (Å²) >= 11 is 0. The van der Waals surface area contributed by atoms with Crippen LogP contribution in [-0.2, 0) is 14.3 Å². The zero-order chi connectivity index (χ0) is 16.7. The molecule has 0 radical (unpaired) electrons. The number of hydrogen-bond acceptors (Lipinski definition) is 4. The van der Waals surface area contributed by atoms with Gasteiger partial charge in [0.2, 0.25) is 0 Å². The van der Waals surface area contributed by atoms with E-state index >= 15 is 0 Å². The topological polar surface area (TPSA) is 64.6 Å². The standard InChI is InChI=1S/C17H16FNO4/c1-22-17(21)16(12-7-3-2-4-8-12)19-15(20)11-23-14-10-6-5-9-13(14)18/h2-10,16H,11H2,1H3,(H,19,20). The van der Waals surface area contributed by atoms with Crippen LogP contribution in [0.1, 0.15) is 11.6 Å². The molecule has 0 saturated carbocycles. The van der Waals surface area contributed by atoms with Crippen molar-refractivity contribution < 1.29 is 23.5 Å². The predicted octanol–water partition coefficient (Wildman–Crippen LogP) is 2.23. The molecular weight excluding hydrogens is 301 g/mol. The average Bonchev–Trinajstić information content (AvgIpc) is 2.59. The van der Waals surface area contributed by atoms with Crippen LogP contribution in [0.3, 0.4) is 0 Å². The Morgan fingerprint density at radius 2 is 1.74 bits per heavy atom. The van der Waals surface area contributed by atoms with Crippen LogP contribution in [0.25, 0.3) is 0 Å². The number of ether oxygens (including phenoxy) is 2. The van der Waals surface area contributed by atoms with Gasteiger partial charge >= 0.3 is 5.97 Å². The van der Waals surface area contributed by atoms with E-state index in [1.54, 1.807) is 36.4 Å². The van der Waals surface area contributed by atoms with Gasteiger partial charge in [-0.05, 0) is 17.7 Å². The van der Waals surface area contributed by atoms with Gasteiger partial charge in [0.25, 0.3) is 5.91 Å². The average molecular weight is 317 g/mol. The second-order valence-electron chi connectivity index (χ2n) is 4.65. The monoisotopic (exact) mass is 317 g/mol. The van der Waals surface area contributed by atoms with Gasteiger partial charge in [0.1, 0.15) is 0 Å². The molecule has 1 unspecified atom stereocenters. The van der Waals surface area contributed by atoms with Gasteiger partial charge in [-0.15, -0.1) is 0 Å². The van der Waals surface area contributed by atoms with Crippen LogP contribution < -0.4 is 10.1 Å². The normalized spacial score (nSPS) is 11.4. The fourth-order valence-electron chi connectivity index (χ4n) is 1.95. The lowest BCUT2D eigenvalue weighted by Crippen LogP contribution is -2.37. The van der Waals surface area contributed by atoms with E-state index < -0.39 is 30.3 Å². The summed E-state index contributed by atoms with van der Waals surface area (Å²) in [4.78, 5) is 23.8. The van der Waals surface area contributed by atoms with Gasteiger partial charge in [0.05, 0.1) is 7.11 Å². The van der Waals surface area contributed by atoms with Crippen molar-refractivity contribution in [2.45, 2.75) is 6.04 Å². The van der Waals surface area contributed by atoms with Crippen molar-refractivity contribution in [1.82, 2.24) is 5.32 Å². The number of benzene rings is 2. The van der Waals surface area contributed by atoms with Gasteiger partial charge in [0, 0.05) is 0 Å². The fraction of sp³-hybridized carbons (Fsp3) is 0.176. The Morgan fingerprint density at radius 3 is 2.39 bits per heavy atom. The molecule has 0 aliphatic rings. The maximum atomic E-state index is 13.4. The number of methoxy groups -OCH3 is 1. The number of nitrogens with one attached hydrogen (secondary N) is 1. The lowest BCUT2D eigenvalue weighted by Gasteiger charge is -2.17. The van der Waals surface area contributed by atoms with Crippen molar-refractivity contribution in [1.29, 1.82) is 0 Å². The summed E-state index contributed by atoms with van der Waals surface area (Å²) in [5.41, 5.74) is 0.582. The van der Waals surface area contributed by atoms with Gasteiger partial charge in [-0.2, -0.15) is 0 Å². The van der Waals surface area contributed by atoms with Crippen molar-refractivity contribution >= 4 is 11.9 Å². The number of para-hydroxylation sites is 1. The van der Waals surface area contributed by atoms with Gasteiger partial charge in [0.15, 0.2) is 24.2 Å². The lowest BCUT2D eigenvalue weighted by atomic mass is 10.1. The van der Waals surface area contributed by atoms with Crippen LogP contribution in [0.4, 0.5) is 4.39 Å². The van der Waals surface area contributed by atoms with Crippen molar-refractivity contribution in [2.24, 2.45) is 0 Å². The smallest absolute Gasteiger partial charge is 0.333 e. The number of amides is 1. The van der Waals surface area contributed by atoms with E-state index in [9.17, 15) is 14.0 Å². The van der Waals surface area contributed by atoms with Crippen LogP contribution in [0.15, 0.2) is 54.6 Å². The molecule has 0 bridgehead atoms. The molecule has 0 saturated heterocycles. The number of esters is 1. The van der Waals surface area contributed by atoms with Crippen molar-refractivity contribution in [3.05, 3.63) is 66.0 Å². The number of carbonyl (C=O) groups is 2. The number of carbonyl (C=O) groups excluding carboxylic acids is 2. The maximum Gasteiger partial charge on any atom is 0.333 e. The second-order valence-corrected chi connectivity index (χ2v) is 4.65. The van der Waals surface area contributed by atoms with Crippen LogP contribution in [-0.4, -0.2) is 25.6 Å². The van der Waals surface area contributed by atoms with Crippen molar-refractivity contribution in [2.75, 3.05) is 13.7 Å². The van der Waals surface area contributed by atoms with Gasteiger partial charge in [-0.25, -0.2) is 9.18 Å². The molecule has 6 heteroatoms. The Balaban J connectivity index is 2.01. The fourth-order valence-corrected chi connectivity index (χ4v) is 1.95. The van der Waals surface area contributed by atoms with E-state index in [2.05, 4.69) is 5.32 Å². The Hall–Kier alpha value is -2.89. The van der Waals surface area contributed by atoms with Crippen molar-refractivity contribution in [3.8, 4) is 5.75 Å². The van der Waals surface area contributed by atoms with Crippen LogP contribution in [0.2, 0.25) is 0 Å². The molecule has 0 aromatic heterocycles. The molecule has 120 valence electrons. The first-order valence-corrected chi connectivity index (χ1v) is 6.91. The van der Waals surface area contributed by atoms with Crippen LogP contribution >= 0.6 is 0 Å². The number of halogens is 1. The molecule has 5 nitrogen and oxygen atoms in total. The third kappa shape index (κ3) is 4.54. The minimum absolute atomic E-state index is 0.0306. The van der Waals surface area contributed by atoms with E-state index in [-0.39, 0.29) is 5.75 Å². The first kappa shape index (κ1) is 16.5. The Bertz CT molecular complexity index is 675. The van der Waals surface area contributed by atoms with E-state index in [4.69, 9.17) is 9.47 Å². The molecule has 0 spiro atoms. The Labute approximate surface area is 133 Å². The van der Waals surface area contributed by atoms with E-state index in [1.807, 2.05) is 0 Å². The molecule has 2 rings (SSSR count). The zero-order valence-electron chi connectivity index (χ0n) is 12.5. The molecule has 0 fully saturated rings. The SMILES string of the molecule is COC(=O)C(NC(=O)COc1ccccc1F)c1ccccc1. The third-order valence-electron chi connectivity index (χ3n) is 3.07. The molecule has 0 aliphatic heterocycles.